The van der Waals surface area contributed by atoms with E-state index >= 15 is 0 Å². The molecule has 0 aliphatic carbocycles. The van der Waals surface area contributed by atoms with Crippen molar-refractivity contribution >= 4 is 5.69 Å². The van der Waals surface area contributed by atoms with E-state index < -0.39 is 0 Å². The molecular formula is C8H13N3. The van der Waals surface area contributed by atoms with E-state index in [4.69, 9.17) is 5.73 Å². The van der Waals surface area contributed by atoms with Gasteiger partial charge in [-0.05, 0) is 26.2 Å². The summed E-state index contributed by atoms with van der Waals surface area (Å²) in [6, 6.07) is 0. The van der Waals surface area contributed by atoms with Gasteiger partial charge in [-0.2, -0.15) is 5.10 Å². The Balaban J connectivity index is 2.50. The Labute approximate surface area is 66.2 Å². The molecule has 0 atom stereocenters. The van der Waals surface area contributed by atoms with Crippen LogP contribution >= 0.6 is 0 Å². The first-order valence-corrected chi connectivity index (χ1v) is 4.11. The van der Waals surface area contributed by atoms with E-state index in [1.807, 2.05) is 11.6 Å². The lowest BCUT2D eigenvalue weighted by Crippen LogP contribution is -2.11. The number of aryl methyl sites for hydroxylation is 2. The van der Waals surface area contributed by atoms with Crippen LogP contribution in [0, 0.1) is 6.92 Å². The summed E-state index contributed by atoms with van der Waals surface area (Å²) in [5.74, 6) is 0. The summed E-state index contributed by atoms with van der Waals surface area (Å²) in [5.41, 5.74) is 8.98. The number of hydrogen-bond acceptors (Lipinski definition) is 2. The second-order valence-electron chi connectivity index (χ2n) is 3.13. The smallest absolute Gasteiger partial charge is 0.0826 e. The van der Waals surface area contributed by atoms with E-state index in [1.165, 1.54) is 18.5 Å². The standard InChI is InChI=1S/C8H13N3/c1-6-8(9)7-4-2-3-5-11(7)10-6/h2-5,9H2,1H3. The summed E-state index contributed by atoms with van der Waals surface area (Å²) in [7, 11) is 0. The number of fused-ring (bicyclic) bond motifs is 1. The second-order valence-corrected chi connectivity index (χ2v) is 3.13. The summed E-state index contributed by atoms with van der Waals surface area (Å²) in [6.07, 6.45) is 3.61. The Hall–Kier alpha value is -0.990. The largest absolute Gasteiger partial charge is 0.396 e. The average molecular weight is 151 g/mol. The Morgan fingerprint density at radius 3 is 3.00 bits per heavy atom. The third-order valence-electron chi connectivity index (χ3n) is 2.32. The molecule has 0 bridgehead atoms. The molecule has 3 heteroatoms. The van der Waals surface area contributed by atoms with Crippen LogP contribution in [-0.2, 0) is 13.0 Å². The van der Waals surface area contributed by atoms with Crippen LogP contribution in [-0.4, -0.2) is 9.78 Å². The van der Waals surface area contributed by atoms with Crippen LogP contribution in [0.2, 0.25) is 0 Å². The first-order valence-electron chi connectivity index (χ1n) is 4.11. The van der Waals surface area contributed by atoms with Crippen molar-refractivity contribution in [1.29, 1.82) is 0 Å². The summed E-state index contributed by atoms with van der Waals surface area (Å²) >= 11 is 0. The van der Waals surface area contributed by atoms with Gasteiger partial charge in [0.2, 0.25) is 0 Å². The minimum absolute atomic E-state index is 0.907. The van der Waals surface area contributed by atoms with Gasteiger partial charge in [0.25, 0.3) is 0 Å². The lowest BCUT2D eigenvalue weighted by Gasteiger charge is -2.12. The fourth-order valence-electron chi connectivity index (χ4n) is 1.65. The molecule has 0 spiro atoms. The third kappa shape index (κ3) is 0.914. The van der Waals surface area contributed by atoms with E-state index in [0.29, 0.717) is 0 Å². The second kappa shape index (κ2) is 2.26. The maximum absolute atomic E-state index is 5.84. The van der Waals surface area contributed by atoms with Gasteiger partial charge in [-0.3, -0.25) is 4.68 Å². The highest BCUT2D eigenvalue weighted by molar-refractivity contribution is 5.48. The maximum Gasteiger partial charge on any atom is 0.0826 e. The van der Waals surface area contributed by atoms with Gasteiger partial charge in [-0.25, -0.2) is 0 Å². The fraction of sp³-hybridized carbons (Fsp3) is 0.625. The zero-order chi connectivity index (χ0) is 7.84. The Morgan fingerprint density at radius 1 is 1.45 bits per heavy atom. The van der Waals surface area contributed by atoms with Crippen molar-refractivity contribution < 1.29 is 0 Å². The molecule has 1 aliphatic heterocycles. The molecule has 0 radical (unpaired) electrons. The van der Waals surface area contributed by atoms with Crippen molar-refractivity contribution in [3.63, 3.8) is 0 Å². The highest BCUT2D eigenvalue weighted by Crippen LogP contribution is 2.22. The van der Waals surface area contributed by atoms with Gasteiger partial charge in [-0.15, -0.1) is 0 Å². The number of aromatic nitrogens is 2. The van der Waals surface area contributed by atoms with E-state index in [0.717, 1.165) is 24.3 Å². The molecule has 0 unspecified atom stereocenters. The number of anilines is 1. The highest BCUT2D eigenvalue weighted by atomic mass is 15.3. The molecule has 2 heterocycles. The van der Waals surface area contributed by atoms with E-state index in [2.05, 4.69) is 5.10 Å². The van der Waals surface area contributed by atoms with Gasteiger partial charge < -0.3 is 5.73 Å². The minimum Gasteiger partial charge on any atom is -0.396 e. The number of rotatable bonds is 0. The van der Waals surface area contributed by atoms with Crippen LogP contribution in [0.15, 0.2) is 0 Å². The van der Waals surface area contributed by atoms with Gasteiger partial charge >= 0.3 is 0 Å². The molecule has 0 aromatic carbocycles. The minimum atomic E-state index is 0.907. The molecule has 3 nitrogen and oxygen atoms in total. The molecule has 0 saturated heterocycles. The van der Waals surface area contributed by atoms with Crippen molar-refractivity contribution in [2.45, 2.75) is 32.7 Å². The number of nitrogens with zero attached hydrogens (tertiary/aromatic N) is 2. The van der Waals surface area contributed by atoms with Gasteiger partial charge in [0.15, 0.2) is 0 Å². The van der Waals surface area contributed by atoms with Crippen molar-refractivity contribution in [3.8, 4) is 0 Å². The van der Waals surface area contributed by atoms with Crippen molar-refractivity contribution in [1.82, 2.24) is 9.78 Å². The molecule has 2 rings (SSSR count). The summed E-state index contributed by atoms with van der Waals surface area (Å²) < 4.78 is 2.05. The summed E-state index contributed by atoms with van der Waals surface area (Å²) in [4.78, 5) is 0. The molecule has 1 aromatic heterocycles. The molecule has 60 valence electrons. The predicted octanol–water partition coefficient (Wildman–Crippen LogP) is 1.11. The Kier molecular flexibility index (Phi) is 1.37. The number of hydrogen-bond donors (Lipinski definition) is 1. The van der Waals surface area contributed by atoms with Crippen LogP contribution in [0.5, 0.6) is 0 Å². The molecule has 0 amide bonds. The van der Waals surface area contributed by atoms with Gasteiger partial charge in [-0.1, -0.05) is 0 Å². The quantitative estimate of drug-likeness (QED) is 0.603. The molecule has 2 N–H and O–H groups in total. The molecule has 0 saturated carbocycles. The monoisotopic (exact) mass is 151 g/mol. The zero-order valence-corrected chi connectivity index (χ0v) is 6.80. The van der Waals surface area contributed by atoms with E-state index in [-0.39, 0.29) is 0 Å². The molecular weight excluding hydrogens is 138 g/mol. The van der Waals surface area contributed by atoms with Crippen LogP contribution in [0.1, 0.15) is 24.2 Å². The first kappa shape index (κ1) is 6.70. The van der Waals surface area contributed by atoms with E-state index in [1.54, 1.807) is 0 Å². The van der Waals surface area contributed by atoms with Crippen molar-refractivity contribution in [3.05, 3.63) is 11.4 Å². The lowest BCUT2D eigenvalue weighted by atomic mass is 10.1. The fourth-order valence-corrected chi connectivity index (χ4v) is 1.65. The SMILES string of the molecule is Cc1nn2c(c1N)CCCC2. The number of nitrogen functional groups attached to an aromatic ring is 1. The lowest BCUT2D eigenvalue weighted by molar-refractivity contribution is 0.485. The van der Waals surface area contributed by atoms with E-state index in [9.17, 15) is 0 Å². The summed E-state index contributed by atoms with van der Waals surface area (Å²) in [6.45, 7) is 3.02. The van der Waals surface area contributed by atoms with Crippen LogP contribution in [0.25, 0.3) is 0 Å². The van der Waals surface area contributed by atoms with Crippen LogP contribution < -0.4 is 5.73 Å². The third-order valence-corrected chi connectivity index (χ3v) is 2.32. The zero-order valence-electron chi connectivity index (χ0n) is 6.80. The molecule has 11 heavy (non-hydrogen) atoms. The Bertz CT molecular complexity index is 275. The van der Waals surface area contributed by atoms with Crippen molar-refractivity contribution in [2.75, 3.05) is 5.73 Å². The van der Waals surface area contributed by atoms with Gasteiger partial charge in [0, 0.05) is 6.54 Å². The highest BCUT2D eigenvalue weighted by Gasteiger charge is 2.14. The van der Waals surface area contributed by atoms with Gasteiger partial charge in [0.1, 0.15) is 0 Å². The number of nitrogens with two attached hydrogens (primary N) is 1. The first-order chi connectivity index (χ1) is 5.29. The Morgan fingerprint density at radius 2 is 2.27 bits per heavy atom. The normalized spacial score (nSPS) is 16.5. The molecule has 1 aromatic rings. The van der Waals surface area contributed by atoms with Crippen LogP contribution in [0.3, 0.4) is 0 Å². The maximum atomic E-state index is 5.84. The average Bonchev–Trinajstić information content (AvgIpc) is 2.30. The predicted molar refractivity (Wildman–Crippen MR) is 44.3 cm³/mol. The summed E-state index contributed by atoms with van der Waals surface area (Å²) in [5, 5.41) is 4.34. The van der Waals surface area contributed by atoms with Gasteiger partial charge in [0.05, 0.1) is 17.1 Å². The van der Waals surface area contributed by atoms with Crippen molar-refractivity contribution in [2.24, 2.45) is 0 Å². The molecule has 1 aliphatic rings. The topological polar surface area (TPSA) is 43.8 Å². The molecule has 0 fully saturated rings. The van der Waals surface area contributed by atoms with Crippen LogP contribution in [0.4, 0.5) is 5.69 Å².